The van der Waals surface area contributed by atoms with Gasteiger partial charge in [-0.1, -0.05) is 251 Å². The third-order valence-corrected chi connectivity index (χ3v) is 23.9. The molecule has 0 radical (unpaired) electrons. The molecule has 2 fully saturated rings. The van der Waals surface area contributed by atoms with Crippen LogP contribution in [0.25, 0.3) is 24.3 Å². The van der Waals surface area contributed by atoms with Crippen LogP contribution in [0, 0.1) is 13.5 Å². The van der Waals surface area contributed by atoms with E-state index in [0.29, 0.717) is 56.1 Å². The monoisotopic (exact) mass is 1510 g/mol. The average molecular weight is 1520 g/mol. The van der Waals surface area contributed by atoms with Gasteiger partial charge >= 0.3 is 20.4 Å². The summed E-state index contributed by atoms with van der Waals surface area (Å²) in [6, 6.07) is 72.9. The van der Waals surface area contributed by atoms with E-state index in [0.717, 1.165) is 29.7 Å². The molecule has 12 nitrogen and oxygen atoms in total. The first-order chi connectivity index (χ1) is 48.3. The maximum Gasteiger partial charge on any atom is 2.00 e. The fourth-order valence-corrected chi connectivity index (χ4v) is 18.2. The molecular formula is C87H110O12P2Pd. The molecule has 10 atom stereocenters. The van der Waals surface area contributed by atoms with Gasteiger partial charge in [-0.05, 0) is 155 Å². The zero-order chi connectivity index (χ0) is 71.7. The van der Waals surface area contributed by atoms with Crippen LogP contribution in [-0.2, 0) is 47.5 Å². The Kier molecular flexibility index (Phi) is 36.3. The predicted molar refractivity (Wildman–Crippen MR) is 419 cm³/mol. The van der Waals surface area contributed by atoms with Gasteiger partial charge in [-0.25, -0.2) is 0 Å². The fourth-order valence-electron chi connectivity index (χ4n) is 12.8. The van der Waals surface area contributed by atoms with Crippen molar-refractivity contribution in [3.63, 3.8) is 0 Å². The SMILES string of the molecule is CC(C)c1cccc(C(C)C)c1/C=C/c1[c-]cc(CCCO[C@@H]2OC(CO)[C@@H](O)[C@H](O)C2O)cc1.CCc1cc(OCCC[C@H]2OC(CO)[C@H](O)C(O)[C@H]2O)ccc1/C=C/c1c(C(C)C)cccc1C(C)C.[CH3-].[Pd+2].c1ccc(P(CCP(c2ccccc2)c2ccccc2)c2ccccc2)cc1. The van der Waals surface area contributed by atoms with E-state index in [1.54, 1.807) is 0 Å². The Labute approximate surface area is 624 Å². The number of hydrogen-bond acceptors (Lipinski definition) is 12. The normalized spacial score (nSPS) is 20.5. The van der Waals surface area contributed by atoms with Crippen molar-refractivity contribution < 1.29 is 80.2 Å². The van der Waals surface area contributed by atoms with E-state index in [1.807, 2.05) is 12.1 Å². The topological polar surface area (TPSA) is 199 Å². The van der Waals surface area contributed by atoms with Gasteiger partial charge in [0.2, 0.25) is 0 Å². The fraction of sp³-hybridized carbons (Fsp3) is 0.391. The molecule has 0 amide bonds. The molecule has 0 aliphatic carbocycles. The minimum absolute atomic E-state index is 0. The van der Waals surface area contributed by atoms with Crippen LogP contribution in [-0.4, -0.2) is 141 Å². The second-order valence-electron chi connectivity index (χ2n) is 27.0. The van der Waals surface area contributed by atoms with Gasteiger partial charge in [0, 0.05) is 6.61 Å². The van der Waals surface area contributed by atoms with E-state index in [1.165, 1.54) is 78.0 Å². The largest absolute Gasteiger partial charge is 2.00 e. The quantitative estimate of drug-likeness (QED) is 0.00760. The van der Waals surface area contributed by atoms with Crippen molar-refractivity contribution in [3.05, 3.63) is 263 Å². The summed E-state index contributed by atoms with van der Waals surface area (Å²) in [6.45, 7) is 19.8. The van der Waals surface area contributed by atoms with Crippen LogP contribution >= 0.6 is 15.8 Å². The number of aliphatic hydroxyl groups is 8. The van der Waals surface area contributed by atoms with Crippen LogP contribution in [0.5, 0.6) is 5.75 Å². The van der Waals surface area contributed by atoms with E-state index >= 15 is 0 Å². The summed E-state index contributed by atoms with van der Waals surface area (Å²) in [7, 11) is -0.696. The van der Waals surface area contributed by atoms with Crippen LogP contribution in [0.15, 0.2) is 194 Å². The molecule has 2 heterocycles. The molecule has 10 rings (SSSR count). The van der Waals surface area contributed by atoms with E-state index < -0.39 is 74.4 Å². The molecule has 2 saturated heterocycles. The molecular weight excluding hydrogens is 1410 g/mol. The van der Waals surface area contributed by atoms with Gasteiger partial charge < -0.3 is 67.2 Å². The molecule has 102 heavy (non-hydrogen) atoms. The summed E-state index contributed by atoms with van der Waals surface area (Å²) in [5.74, 6) is 2.58. The van der Waals surface area contributed by atoms with Crippen molar-refractivity contribution in [3.8, 4) is 5.75 Å². The molecule has 15 heteroatoms. The third-order valence-electron chi connectivity index (χ3n) is 18.5. The minimum atomic E-state index is -1.43. The molecule has 2 aliphatic heterocycles. The van der Waals surface area contributed by atoms with Crippen molar-refractivity contribution in [2.24, 2.45) is 0 Å². The van der Waals surface area contributed by atoms with Crippen LogP contribution < -0.4 is 26.0 Å². The van der Waals surface area contributed by atoms with Crippen LogP contribution in [0.1, 0.15) is 161 Å². The molecule has 0 spiro atoms. The molecule has 2 aliphatic rings. The number of hydrogen-bond donors (Lipinski definition) is 8. The van der Waals surface area contributed by atoms with E-state index in [4.69, 9.17) is 18.9 Å². The minimum Gasteiger partial charge on any atom is -0.494 e. The van der Waals surface area contributed by atoms with Gasteiger partial charge in [0.15, 0.2) is 6.29 Å². The summed E-state index contributed by atoms with van der Waals surface area (Å²) in [5, 5.41) is 84.3. The van der Waals surface area contributed by atoms with Gasteiger partial charge in [0.05, 0.1) is 25.9 Å². The third kappa shape index (κ3) is 24.1. The summed E-state index contributed by atoms with van der Waals surface area (Å²) in [5.41, 5.74) is 12.5. The maximum absolute atomic E-state index is 10.2. The predicted octanol–water partition coefficient (Wildman–Crippen LogP) is 14.0. The Morgan fingerprint density at radius 3 is 1.31 bits per heavy atom. The Morgan fingerprint density at radius 2 is 0.892 bits per heavy atom. The molecule has 8 aromatic carbocycles. The molecule has 550 valence electrons. The van der Waals surface area contributed by atoms with Crippen molar-refractivity contribution in [1.29, 1.82) is 0 Å². The Balaban J connectivity index is 0.000000240. The summed E-state index contributed by atoms with van der Waals surface area (Å²) in [6.07, 6.45) is 2.89. The number of benzene rings is 8. The van der Waals surface area contributed by atoms with Gasteiger partial charge in [0.1, 0.15) is 54.6 Å². The molecule has 0 saturated carbocycles. The first-order valence-corrected chi connectivity index (χ1v) is 38.7. The first kappa shape index (κ1) is 85.1. The van der Waals surface area contributed by atoms with Gasteiger partial charge in [0.25, 0.3) is 0 Å². The average Bonchev–Trinajstić information content (AvgIpc) is 0.844. The Bertz CT molecular complexity index is 3510. The number of aliphatic hydroxyl groups excluding tert-OH is 8. The van der Waals surface area contributed by atoms with E-state index in [9.17, 15) is 40.9 Å². The Morgan fingerprint density at radius 1 is 0.461 bits per heavy atom. The molecule has 0 bridgehead atoms. The second-order valence-corrected chi connectivity index (χ2v) is 31.7. The number of ether oxygens (including phenoxy) is 4. The van der Waals surface area contributed by atoms with Gasteiger partial charge in [-0.15, -0.1) is 35.9 Å². The smallest absolute Gasteiger partial charge is 0.494 e. The zero-order valence-electron chi connectivity index (χ0n) is 61.1. The maximum atomic E-state index is 10.2. The van der Waals surface area contributed by atoms with Crippen molar-refractivity contribution >= 4 is 61.4 Å². The second kappa shape index (κ2) is 43.5. The molecule has 4 unspecified atom stereocenters. The number of aryl methyl sites for hydroxylation is 2. The van der Waals surface area contributed by atoms with Gasteiger partial charge in [-0.2, -0.15) is 5.56 Å². The van der Waals surface area contributed by atoms with Crippen LogP contribution in [0.4, 0.5) is 0 Å². The van der Waals surface area contributed by atoms with Crippen molar-refractivity contribution in [1.82, 2.24) is 0 Å². The number of rotatable bonds is 28. The molecule has 0 aromatic heterocycles. The molecule has 8 N–H and O–H groups in total. The Hall–Kier alpha value is -5.88. The van der Waals surface area contributed by atoms with Crippen LogP contribution in [0.2, 0.25) is 0 Å². The van der Waals surface area contributed by atoms with Crippen LogP contribution in [0.3, 0.4) is 0 Å². The summed E-state index contributed by atoms with van der Waals surface area (Å²) >= 11 is 0. The summed E-state index contributed by atoms with van der Waals surface area (Å²) in [4.78, 5) is 0. The van der Waals surface area contributed by atoms with Crippen molar-refractivity contribution in [2.75, 3.05) is 38.8 Å². The summed E-state index contributed by atoms with van der Waals surface area (Å²) < 4.78 is 22.5. The standard InChI is InChI=1S/C31H44O6.C29H39O6.C26H24P2.CH3.Pd/c1-6-21-17-23(36-16-8-11-27-29(33)31(35)30(34)28(18-32)37-27)14-12-22(21)13-15-26-24(19(2)3)9-7-10-25(26)20(4)5;1-18(2)22-8-5-9-23(19(3)4)24(22)15-14-21-12-10-20(11-13-21)7-6-16-34-29-28(33)27(32)26(31)25(17-30)35-29;1-5-13-23(14-6-1)27(24-15-7-2-8-16-24)21-22-28(25-17-9-3-10-18-25)26-19-11-4-12-20-26;;/h7,9-10,12-15,17,19-20,27-35H,6,8,11,16,18H2,1-5H3;5,8-12,14-15,18-19,25-33H,6-7,16-17H2,1-4H3;1-20H,21-22H2;1H3;/q;-1;;-1;+2/b15-13+;15-14+;;;/t27-,28?,29+,30+,31?;25?,26-,27+,28?,29-;;;/m11.../s1. The van der Waals surface area contributed by atoms with Gasteiger partial charge in [-0.3, -0.25) is 0 Å². The first-order valence-electron chi connectivity index (χ1n) is 35.7. The van der Waals surface area contributed by atoms with E-state index in [-0.39, 0.29) is 43.7 Å². The zero-order valence-corrected chi connectivity index (χ0v) is 64.4. The van der Waals surface area contributed by atoms with E-state index in [2.05, 4.69) is 275 Å². The van der Waals surface area contributed by atoms with Crippen molar-refractivity contribution in [2.45, 2.75) is 179 Å². The molecule has 8 aromatic rings.